The van der Waals surface area contributed by atoms with Gasteiger partial charge in [-0.05, 0) is 6.07 Å². The van der Waals surface area contributed by atoms with Gasteiger partial charge in [0.25, 0.3) is 5.56 Å². The molecule has 3 rings (SSSR count). The predicted octanol–water partition coefficient (Wildman–Crippen LogP) is 2.69. The average Bonchev–Trinajstić information content (AvgIpc) is 2.92. The van der Waals surface area contributed by atoms with Gasteiger partial charge in [0, 0.05) is 12.1 Å². The Balaban J connectivity index is 2.34. The number of nitrogens with one attached hydrogen (secondary N) is 1. The molecular formula is C16H7F7N4O2. The summed E-state index contributed by atoms with van der Waals surface area (Å²) in [5.74, 6) is -0.843. The van der Waals surface area contributed by atoms with E-state index in [9.17, 15) is 40.3 Å². The van der Waals surface area contributed by atoms with Crippen LogP contribution < -0.4 is 11.2 Å². The standard InChI is InChI=1S/C16H7F7N4O2/c1-2-3-26-10-5-9(7(17)4-8(10)24-13(26)16(21,22)23)27-12(28)6-11(15(18,19)20)25-14(27)29/h1,4-6H,3H2,(H,25,29). The first kappa shape index (κ1) is 20.2. The van der Waals surface area contributed by atoms with Gasteiger partial charge in [-0.2, -0.15) is 26.3 Å². The molecule has 1 aromatic carbocycles. The van der Waals surface area contributed by atoms with E-state index in [0.29, 0.717) is 16.7 Å². The van der Waals surface area contributed by atoms with Crippen molar-refractivity contribution in [2.45, 2.75) is 18.9 Å². The third-order valence-corrected chi connectivity index (χ3v) is 3.80. The summed E-state index contributed by atoms with van der Waals surface area (Å²) in [4.78, 5) is 28.6. The topological polar surface area (TPSA) is 72.7 Å². The zero-order valence-corrected chi connectivity index (χ0v) is 13.8. The number of terminal acetylenes is 1. The molecule has 0 saturated heterocycles. The van der Waals surface area contributed by atoms with Crippen LogP contribution in [0.5, 0.6) is 0 Å². The molecule has 0 fully saturated rings. The number of rotatable bonds is 2. The molecule has 0 aliphatic rings. The number of benzene rings is 1. The number of H-pyrrole nitrogens is 1. The normalized spacial score (nSPS) is 12.3. The van der Waals surface area contributed by atoms with Gasteiger partial charge in [0.05, 0.1) is 23.3 Å². The molecule has 0 radical (unpaired) electrons. The van der Waals surface area contributed by atoms with E-state index >= 15 is 0 Å². The first-order chi connectivity index (χ1) is 13.3. The molecule has 0 unspecified atom stereocenters. The average molecular weight is 420 g/mol. The Kier molecular flexibility index (Phi) is 4.53. The molecule has 0 aliphatic heterocycles. The van der Waals surface area contributed by atoms with Crippen molar-refractivity contribution in [1.29, 1.82) is 0 Å². The number of nitrogens with zero attached hydrogens (tertiary/aromatic N) is 3. The number of aromatic nitrogens is 4. The molecule has 29 heavy (non-hydrogen) atoms. The second kappa shape index (κ2) is 6.50. The minimum atomic E-state index is -5.05. The van der Waals surface area contributed by atoms with Crippen molar-refractivity contribution in [3.8, 4) is 18.0 Å². The van der Waals surface area contributed by atoms with Gasteiger partial charge < -0.3 is 9.55 Å². The Morgan fingerprint density at radius 3 is 2.24 bits per heavy atom. The third-order valence-electron chi connectivity index (χ3n) is 3.80. The van der Waals surface area contributed by atoms with Crippen LogP contribution in [0.15, 0.2) is 27.8 Å². The Hall–Kier alpha value is -3.56. The van der Waals surface area contributed by atoms with E-state index in [1.807, 2.05) is 5.92 Å². The molecular weight excluding hydrogens is 413 g/mol. The van der Waals surface area contributed by atoms with Crippen molar-refractivity contribution in [2.24, 2.45) is 0 Å². The highest BCUT2D eigenvalue weighted by Gasteiger charge is 2.38. The van der Waals surface area contributed by atoms with E-state index in [0.717, 1.165) is 0 Å². The lowest BCUT2D eigenvalue weighted by molar-refractivity contribution is -0.146. The fourth-order valence-corrected chi connectivity index (χ4v) is 2.65. The van der Waals surface area contributed by atoms with Gasteiger partial charge in [-0.1, -0.05) is 5.92 Å². The molecule has 0 amide bonds. The lowest BCUT2D eigenvalue weighted by Gasteiger charge is -2.11. The molecule has 1 N–H and O–H groups in total. The number of alkyl halides is 6. The van der Waals surface area contributed by atoms with Crippen LogP contribution in [-0.2, 0) is 18.9 Å². The van der Waals surface area contributed by atoms with Crippen LogP contribution in [0.1, 0.15) is 11.5 Å². The molecule has 2 heterocycles. The lowest BCUT2D eigenvalue weighted by Crippen LogP contribution is -2.36. The molecule has 6 nitrogen and oxygen atoms in total. The predicted molar refractivity (Wildman–Crippen MR) is 84.7 cm³/mol. The minimum Gasteiger partial charge on any atom is -0.308 e. The summed E-state index contributed by atoms with van der Waals surface area (Å²) < 4.78 is 92.5. The Labute approximate surface area is 155 Å². The van der Waals surface area contributed by atoms with Crippen molar-refractivity contribution in [3.63, 3.8) is 0 Å². The van der Waals surface area contributed by atoms with Crippen LogP contribution >= 0.6 is 0 Å². The SMILES string of the molecule is C#CCn1c(C(F)(F)F)nc2cc(F)c(-n3c(=O)cc(C(F)(F)F)[nH]c3=O)cc21. The van der Waals surface area contributed by atoms with Gasteiger partial charge in [0.1, 0.15) is 11.5 Å². The summed E-state index contributed by atoms with van der Waals surface area (Å²) in [5.41, 5.74) is -6.57. The maximum absolute atomic E-state index is 14.4. The first-order valence-corrected chi connectivity index (χ1v) is 7.49. The number of aromatic amines is 1. The quantitative estimate of drug-likeness (QED) is 0.512. The summed E-state index contributed by atoms with van der Waals surface area (Å²) >= 11 is 0. The fourth-order valence-electron chi connectivity index (χ4n) is 2.65. The maximum Gasteiger partial charge on any atom is 0.449 e. The van der Waals surface area contributed by atoms with Gasteiger partial charge in [-0.25, -0.2) is 18.7 Å². The van der Waals surface area contributed by atoms with Crippen LogP contribution in [0.2, 0.25) is 0 Å². The van der Waals surface area contributed by atoms with Gasteiger partial charge in [0.15, 0.2) is 0 Å². The highest BCUT2D eigenvalue weighted by Crippen LogP contribution is 2.32. The van der Waals surface area contributed by atoms with Crippen molar-refractivity contribution < 1.29 is 30.7 Å². The molecule has 0 saturated carbocycles. The number of halogens is 7. The Bertz CT molecular complexity index is 1240. The molecule has 13 heteroatoms. The molecule has 152 valence electrons. The highest BCUT2D eigenvalue weighted by molar-refractivity contribution is 5.79. The van der Waals surface area contributed by atoms with Crippen LogP contribution in [0.4, 0.5) is 30.7 Å². The number of hydrogen-bond acceptors (Lipinski definition) is 3. The van der Waals surface area contributed by atoms with E-state index in [1.165, 1.54) is 4.98 Å². The summed E-state index contributed by atoms with van der Waals surface area (Å²) in [6.07, 6.45) is -4.95. The molecule has 3 aromatic rings. The van der Waals surface area contributed by atoms with Crippen molar-refractivity contribution in [3.05, 3.63) is 56.4 Å². The molecule has 0 spiro atoms. The maximum atomic E-state index is 14.4. The highest BCUT2D eigenvalue weighted by atomic mass is 19.4. The van der Waals surface area contributed by atoms with E-state index in [-0.39, 0.29) is 16.2 Å². The lowest BCUT2D eigenvalue weighted by atomic mass is 10.2. The summed E-state index contributed by atoms with van der Waals surface area (Å²) in [5, 5.41) is 0. The first-order valence-electron chi connectivity index (χ1n) is 7.49. The van der Waals surface area contributed by atoms with Gasteiger partial charge in [-0.3, -0.25) is 4.79 Å². The van der Waals surface area contributed by atoms with E-state index in [1.54, 1.807) is 0 Å². The minimum absolute atomic E-state index is 0.0183. The van der Waals surface area contributed by atoms with Crippen molar-refractivity contribution in [1.82, 2.24) is 19.1 Å². The fraction of sp³-hybridized carbons (Fsp3) is 0.188. The van der Waals surface area contributed by atoms with Crippen LogP contribution in [0.25, 0.3) is 16.7 Å². The van der Waals surface area contributed by atoms with Gasteiger partial charge in [0.2, 0.25) is 5.82 Å². The Morgan fingerprint density at radius 2 is 1.72 bits per heavy atom. The summed E-state index contributed by atoms with van der Waals surface area (Å²) in [7, 11) is 0. The summed E-state index contributed by atoms with van der Waals surface area (Å²) in [6.45, 7) is -0.630. The van der Waals surface area contributed by atoms with Crippen molar-refractivity contribution >= 4 is 11.0 Å². The zero-order chi connectivity index (χ0) is 21.7. The van der Waals surface area contributed by atoms with Crippen LogP contribution in [0, 0.1) is 18.2 Å². The summed E-state index contributed by atoms with van der Waals surface area (Å²) in [6, 6.07) is 1.20. The number of fused-ring (bicyclic) bond motifs is 1. The Morgan fingerprint density at radius 1 is 1.07 bits per heavy atom. The zero-order valence-electron chi connectivity index (χ0n) is 13.8. The molecule has 0 bridgehead atoms. The van der Waals surface area contributed by atoms with Gasteiger partial charge >= 0.3 is 18.0 Å². The largest absolute Gasteiger partial charge is 0.449 e. The second-order valence-corrected chi connectivity index (χ2v) is 5.68. The van der Waals surface area contributed by atoms with Crippen LogP contribution in [-0.4, -0.2) is 19.1 Å². The van der Waals surface area contributed by atoms with E-state index in [2.05, 4.69) is 4.98 Å². The van der Waals surface area contributed by atoms with Crippen LogP contribution in [0.3, 0.4) is 0 Å². The monoisotopic (exact) mass is 420 g/mol. The van der Waals surface area contributed by atoms with Crippen molar-refractivity contribution in [2.75, 3.05) is 0 Å². The van der Waals surface area contributed by atoms with Gasteiger partial charge in [-0.15, -0.1) is 6.42 Å². The molecule has 2 aromatic heterocycles. The molecule has 0 aliphatic carbocycles. The molecule has 0 atom stereocenters. The van der Waals surface area contributed by atoms with E-state index < -0.39 is 58.7 Å². The third kappa shape index (κ3) is 3.48. The second-order valence-electron chi connectivity index (χ2n) is 5.68. The smallest absolute Gasteiger partial charge is 0.308 e. The van der Waals surface area contributed by atoms with E-state index in [4.69, 9.17) is 6.42 Å². The number of hydrogen-bond donors (Lipinski definition) is 1. The number of imidazole rings is 1.